The quantitative estimate of drug-likeness (QED) is 0.783. The molecule has 0 bridgehead atoms. The molecule has 0 radical (unpaired) electrons. The van der Waals surface area contributed by atoms with Gasteiger partial charge in [0.25, 0.3) is 5.91 Å². The van der Waals surface area contributed by atoms with Crippen molar-refractivity contribution in [3.05, 3.63) is 30.1 Å². The second-order valence-corrected chi connectivity index (χ2v) is 4.22. The van der Waals surface area contributed by atoms with Gasteiger partial charge in [-0.05, 0) is 12.1 Å². The van der Waals surface area contributed by atoms with E-state index in [0.29, 0.717) is 18.9 Å². The lowest BCUT2D eigenvalue weighted by atomic mass is 10.3. The molecule has 2 N–H and O–H groups in total. The molecule has 2 aromatic rings. The molecule has 1 heterocycles. The number of aryl methyl sites for hydroxylation is 1. The van der Waals surface area contributed by atoms with Crippen molar-refractivity contribution in [2.45, 2.75) is 6.92 Å². The lowest BCUT2D eigenvalue weighted by Gasteiger charge is -2.05. The Morgan fingerprint density at radius 3 is 2.58 bits per heavy atom. The molecule has 0 unspecified atom stereocenters. The number of imidazole rings is 1. The van der Waals surface area contributed by atoms with Crippen LogP contribution < -0.4 is 10.6 Å². The van der Waals surface area contributed by atoms with Crippen molar-refractivity contribution < 1.29 is 9.59 Å². The van der Waals surface area contributed by atoms with E-state index >= 15 is 0 Å². The van der Waals surface area contributed by atoms with Gasteiger partial charge in [0.15, 0.2) is 5.82 Å². The maximum atomic E-state index is 12.0. The third-order valence-electron chi connectivity index (χ3n) is 2.77. The number of nitrogens with one attached hydrogen (secondary N) is 2. The Morgan fingerprint density at radius 1 is 1.21 bits per heavy atom. The summed E-state index contributed by atoms with van der Waals surface area (Å²) in [6, 6.07) is 7.57. The Labute approximate surface area is 110 Å². The van der Waals surface area contributed by atoms with E-state index in [0.717, 1.165) is 11.0 Å². The second kappa shape index (κ2) is 5.51. The molecule has 0 aliphatic carbocycles. The highest BCUT2D eigenvalue weighted by Gasteiger charge is 2.14. The van der Waals surface area contributed by atoms with Gasteiger partial charge in [-0.15, -0.1) is 0 Å². The zero-order chi connectivity index (χ0) is 13.8. The van der Waals surface area contributed by atoms with Crippen LogP contribution >= 0.6 is 0 Å². The summed E-state index contributed by atoms with van der Waals surface area (Å²) in [4.78, 5) is 27.0. The minimum absolute atomic E-state index is 0.114. The molecule has 0 aliphatic rings. The number of amides is 2. The number of hydrogen-bond donors (Lipinski definition) is 2. The molecule has 0 fully saturated rings. The molecule has 100 valence electrons. The lowest BCUT2D eigenvalue weighted by molar-refractivity contribution is -0.118. The summed E-state index contributed by atoms with van der Waals surface area (Å²) >= 11 is 0. The number of aromatic nitrogens is 2. The average Bonchev–Trinajstić information content (AvgIpc) is 2.72. The third-order valence-corrected chi connectivity index (χ3v) is 2.77. The van der Waals surface area contributed by atoms with Crippen LogP contribution in [0.3, 0.4) is 0 Å². The number of benzene rings is 1. The first-order chi connectivity index (χ1) is 9.09. The number of para-hydroxylation sites is 2. The van der Waals surface area contributed by atoms with E-state index < -0.39 is 0 Å². The van der Waals surface area contributed by atoms with E-state index in [1.807, 2.05) is 24.3 Å². The maximum Gasteiger partial charge on any atom is 0.287 e. The highest BCUT2D eigenvalue weighted by molar-refractivity contribution is 5.94. The van der Waals surface area contributed by atoms with Crippen LogP contribution in [-0.4, -0.2) is 34.5 Å². The lowest BCUT2D eigenvalue weighted by Crippen LogP contribution is -2.34. The largest absolute Gasteiger partial charge is 0.355 e. The van der Waals surface area contributed by atoms with Crippen molar-refractivity contribution in [1.82, 2.24) is 20.2 Å². The first kappa shape index (κ1) is 13.1. The number of carbonyl (C=O) groups excluding carboxylic acids is 2. The summed E-state index contributed by atoms with van der Waals surface area (Å²) in [6.07, 6.45) is 0. The summed E-state index contributed by atoms with van der Waals surface area (Å²) in [7, 11) is 1.80. The summed E-state index contributed by atoms with van der Waals surface area (Å²) in [5, 5.41) is 5.33. The van der Waals surface area contributed by atoms with Gasteiger partial charge in [-0.25, -0.2) is 4.98 Å². The zero-order valence-electron chi connectivity index (χ0n) is 10.9. The standard InChI is InChI=1S/C13H16N4O2/c1-9(18)14-7-8-15-13(19)12-16-10-5-3-4-6-11(10)17(12)2/h3-6H,7-8H2,1-2H3,(H,14,18)(H,15,19). The van der Waals surface area contributed by atoms with Crippen LogP contribution in [0.25, 0.3) is 11.0 Å². The molecule has 6 nitrogen and oxygen atoms in total. The first-order valence-corrected chi connectivity index (χ1v) is 6.03. The van der Waals surface area contributed by atoms with Crippen molar-refractivity contribution >= 4 is 22.8 Å². The van der Waals surface area contributed by atoms with Crippen molar-refractivity contribution in [2.24, 2.45) is 7.05 Å². The molecule has 0 spiro atoms. The number of hydrogen-bond acceptors (Lipinski definition) is 3. The van der Waals surface area contributed by atoms with Crippen LogP contribution in [0, 0.1) is 0 Å². The predicted molar refractivity (Wildman–Crippen MR) is 71.7 cm³/mol. The van der Waals surface area contributed by atoms with Crippen LogP contribution in [0.15, 0.2) is 24.3 Å². The minimum Gasteiger partial charge on any atom is -0.355 e. The molecule has 2 rings (SSSR count). The number of fused-ring (bicyclic) bond motifs is 1. The van der Waals surface area contributed by atoms with Crippen LogP contribution in [-0.2, 0) is 11.8 Å². The van der Waals surface area contributed by atoms with E-state index in [4.69, 9.17) is 0 Å². The molecule has 0 aliphatic heterocycles. The number of carbonyl (C=O) groups is 2. The fraction of sp³-hybridized carbons (Fsp3) is 0.308. The molecule has 6 heteroatoms. The van der Waals surface area contributed by atoms with Crippen LogP contribution in [0.1, 0.15) is 17.5 Å². The Kier molecular flexibility index (Phi) is 3.79. The van der Waals surface area contributed by atoms with Crippen molar-refractivity contribution in [1.29, 1.82) is 0 Å². The molecular weight excluding hydrogens is 244 g/mol. The third kappa shape index (κ3) is 2.90. The average molecular weight is 260 g/mol. The van der Waals surface area contributed by atoms with Gasteiger partial charge in [-0.3, -0.25) is 9.59 Å². The normalized spacial score (nSPS) is 10.4. The van der Waals surface area contributed by atoms with Crippen molar-refractivity contribution in [3.63, 3.8) is 0 Å². The van der Waals surface area contributed by atoms with Gasteiger partial charge >= 0.3 is 0 Å². The molecular formula is C13H16N4O2. The molecule has 1 aromatic carbocycles. The Morgan fingerprint density at radius 2 is 1.89 bits per heavy atom. The monoisotopic (exact) mass is 260 g/mol. The summed E-state index contributed by atoms with van der Waals surface area (Å²) < 4.78 is 1.75. The summed E-state index contributed by atoms with van der Waals surface area (Å²) in [6.45, 7) is 2.22. The fourth-order valence-corrected chi connectivity index (χ4v) is 1.84. The van der Waals surface area contributed by atoms with E-state index in [2.05, 4.69) is 15.6 Å². The van der Waals surface area contributed by atoms with Crippen LogP contribution in [0.5, 0.6) is 0 Å². The maximum absolute atomic E-state index is 12.0. The van der Waals surface area contributed by atoms with E-state index in [9.17, 15) is 9.59 Å². The van der Waals surface area contributed by atoms with E-state index in [1.54, 1.807) is 11.6 Å². The molecule has 0 atom stereocenters. The van der Waals surface area contributed by atoms with Gasteiger partial charge in [0.1, 0.15) is 0 Å². The molecule has 2 amide bonds. The smallest absolute Gasteiger partial charge is 0.287 e. The SMILES string of the molecule is CC(=O)NCCNC(=O)c1nc2ccccc2n1C. The van der Waals surface area contributed by atoms with Crippen molar-refractivity contribution in [2.75, 3.05) is 13.1 Å². The second-order valence-electron chi connectivity index (χ2n) is 4.22. The highest BCUT2D eigenvalue weighted by Crippen LogP contribution is 2.13. The summed E-state index contributed by atoms with van der Waals surface area (Å²) in [5.41, 5.74) is 1.70. The van der Waals surface area contributed by atoms with Gasteiger partial charge in [-0.1, -0.05) is 12.1 Å². The molecule has 1 aromatic heterocycles. The summed E-state index contributed by atoms with van der Waals surface area (Å²) in [5.74, 6) is 0.00468. The Hall–Kier alpha value is -2.37. The zero-order valence-corrected chi connectivity index (χ0v) is 10.9. The highest BCUT2D eigenvalue weighted by atomic mass is 16.2. The molecule has 0 saturated carbocycles. The molecule has 19 heavy (non-hydrogen) atoms. The number of rotatable bonds is 4. The predicted octanol–water partition coefficient (Wildman–Crippen LogP) is 0.439. The first-order valence-electron chi connectivity index (χ1n) is 6.03. The van der Waals surface area contributed by atoms with Crippen molar-refractivity contribution in [3.8, 4) is 0 Å². The van der Waals surface area contributed by atoms with Gasteiger partial charge in [0, 0.05) is 27.1 Å². The Bertz CT molecular complexity index is 618. The van der Waals surface area contributed by atoms with Gasteiger partial charge < -0.3 is 15.2 Å². The van der Waals surface area contributed by atoms with Gasteiger partial charge in [0.05, 0.1) is 11.0 Å². The van der Waals surface area contributed by atoms with E-state index in [-0.39, 0.29) is 11.8 Å². The van der Waals surface area contributed by atoms with Crippen LogP contribution in [0.2, 0.25) is 0 Å². The topological polar surface area (TPSA) is 76.0 Å². The minimum atomic E-state index is -0.246. The fourth-order valence-electron chi connectivity index (χ4n) is 1.84. The Balaban J connectivity index is 2.05. The van der Waals surface area contributed by atoms with Gasteiger partial charge in [0.2, 0.25) is 5.91 Å². The van der Waals surface area contributed by atoms with E-state index in [1.165, 1.54) is 6.92 Å². The molecule has 0 saturated heterocycles. The number of nitrogens with zero attached hydrogens (tertiary/aromatic N) is 2. The van der Waals surface area contributed by atoms with Crippen LogP contribution in [0.4, 0.5) is 0 Å². The van der Waals surface area contributed by atoms with Gasteiger partial charge in [-0.2, -0.15) is 0 Å².